The summed E-state index contributed by atoms with van der Waals surface area (Å²) in [5, 5.41) is 12.4. The van der Waals surface area contributed by atoms with Gasteiger partial charge in [0, 0.05) is 5.69 Å². The van der Waals surface area contributed by atoms with Crippen LogP contribution in [-0.4, -0.2) is 48.7 Å². The molecular weight excluding hydrogens is 384 g/mol. The van der Waals surface area contributed by atoms with E-state index < -0.39 is 29.9 Å². The van der Waals surface area contributed by atoms with Crippen molar-refractivity contribution >= 4 is 23.5 Å². The molecule has 0 saturated carbocycles. The summed E-state index contributed by atoms with van der Waals surface area (Å²) in [5.74, 6) is -2.16. The standard InChI is InChI=1S/C23H28N2O5/c1-17(23(29)30-2)25(19-13-7-4-8-14-19)22(28)20(16-21(26)27)24-15-9-12-18-10-5-3-6-11-18/h3-8,10-11,13-14,17,20,24H,9,12,15-16H2,1-2H3,(H,26,27)/t17-,20-/m0/s1. The van der Waals surface area contributed by atoms with Gasteiger partial charge in [0.25, 0.3) is 0 Å². The largest absolute Gasteiger partial charge is 0.481 e. The first kappa shape index (κ1) is 23.1. The maximum Gasteiger partial charge on any atom is 0.328 e. The molecule has 2 aromatic rings. The number of para-hydroxylation sites is 1. The number of hydrogen-bond acceptors (Lipinski definition) is 5. The minimum atomic E-state index is -1.09. The molecule has 0 bridgehead atoms. The molecule has 0 spiro atoms. The Kier molecular flexibility index (Phi) is 9.03. The number of ether oxygens (including phenoxy) is 1. The predicted octanol–water partition coefficient (Wildman–Crippen LogP) is 2.65. The topological polar surface area (TPSA) is 95.9 Å². The van der Waals surface area contributed by atoms with E-state index in [4.69, 9.17) is 4.74 Å². The van der Waals surface area contributed by atoms with Crippen LogP contribution in [0.3, 0.4) is 0 Å². The maximum atomic E-state index is 13.3. The van der Waals surface area contributed by atoms with Gasteiger partial charge >= 0.3 is 11.9 Å². The zero-order chi connectivity index (χ0) is 21.9. The van der Waals surface area contributed by atoms with Gasteiger partial charge < -0.3 is 15.2 Å². The fraction of sp³-hybridized carbons (Fsp3) is 0.348. The average molecular weight is 412 g/mol. The van der Waals surface area contributed by atoms with Gasteiger partial charge in [-0.1, -0.05) is 48.5 Å². The van der Waals surface area contributed by atoms with Gasteiger partial charge in [-0.15, -0.1) is 0 Å². The maximum absolute atomic E-state index is 13.3. The Labute approximate surface area is 176 Å². The normalized spacial score (nSPS) is 12.6. The summed E-state index contributed by atoms with van der Waals surface area (Å²) < 4.78 is 4.80. The van der Waals surface area contributed by atoms with E-state index >= 15 is 0 Å². The van der Waals surface area contributed by atoms with Crippen molar-refractivity contribution in [3.05, 3.63) is 66.2 Å². The number of aliphatic carboxylic acids is 1. The van der Waals surface area contributed by atoms with E-state index in [1.165, 1.54) is 17.6 Å². The summed E-state index contributed by atoms with van der Waals surface area (Å²) in [6.45, 7) is 2.03. The Balaban J connectivity index is 2.14. The van der Waals surface area contributed by atoms with Gasteiger partial charge in [-0.2, -0.15) is 0 Å². The highest BCUT2D eigenvalue weighted by Crippen LogP contribution is 2.19. The number of carboxylic acid groups (broad SMARTS) is 1. The van der Waals surface area contributed by atoms with Crippen LogP contribution in [0.5, 0.6) is 0 Å². The first-order chi connectivity index (χ1) is 14.4. The highest BCUT2D eigenvalue weighted by atomic mass is 16.5. The second kappa shape index (κ2) is 11.7. The third-order valence-electron chi connectivity index (χ3n) is 4.75. The number of methoxy groups -OCH3 is 1. The number of carbonyl (C=O) groups excluding carboxylic acids is 2. The highest BCUT2D eigenvalue weighted by molar-refractivity contribution is 6.03. The van der Waals surface area contributed by atoms with Gasteiger partial charge in [-0.05, 0) is 44.0 Å². The van der Waals surface area contributed by atoms with Crippen LogP contribution >= 0.6 is 0 Å². The van der Waals surface area contributed by atoms with Crippen LogP contribution in [0, 0.1) is 0 Å². The Morgan fingerprint density at radius 1 is 1.03 bits per heavy atom. The van der Waals surface area contributed by atoms with Crippen LogP contribution in [0.1, 0.15) is 25.3 Å². The number of nitrogens with one attached hydrogen (secondary N) is 1. The van der Waals surface area contributed by atoms with Gasteiger partial charge in [-0.25, -0.2) is 4.79 Å². The van der Waals surface area contributed by atoms with Crippen LogP contribution in [0.2, 0.25) is 0 Å². The number of anilines is 1. The predicted molar refractivity (Wildman–Crippen MR) is 114 cm³/mol. The average Bonchev–Trinajstić information content (AvgIpc) is 2.76. The third kappa shape index (κ3) is 6.70. The van der Waals surface area contributed by atoms with E-state index in [0.29, 0.717) is 12.2 Å². The van der Waals surface area contributed by atoms with Crippen molar-refractivity contribution in [1.29, 1.82) is 0 Å². The lowest BCUT2D eigenvalue weighted by atomic mass is 10.1. The van der Waals surface area contributed by atoms with Crippen LogP contribution in [0.4, 0.5) is 5.69 Å². The van der Waals surface area contributed by atoms with Crippen molar-refractivity contribution < 1.29 is 24.2 Å². The van der Waals surface area contributed by atoms with Gasteiger partial charge in [0.2, 0.25) is 5.91 Å². The van der Waals surface area contributed by atoms with E-state index in [1.807, 2.05) is 30.3 Å². The summed E-state index contributed by atoms with van der Waals surface area (Å²) in [4.78, 5) is 38.1. The fourth-order valence-electron chi connectivity index (χ4n) is 3.21. The zero-order valence-electron chi connectivity index (χ0n) is 17.3. The molecule has 0 saturated heterocycles. The third-order valence-corrected chi connectivity index (χ3v) is 4.75. The Hall–Kier alpha value is -3.19. The molecule has 160 valence electrons. The lowest BCUT2D eigenvalue weighted by Gasteiger charge is -2.31. The molecule has 1 amide bonds. The van der Waals surface area contributed by atoms with Crippen molar-refractivity contribution in [2.75, 3.05) is 18.6 Å². The van der Waals surface area contributed by atoms with E-state index in [0.717, 1.165) is 12.8 Å². The zero-order valence-corrected chi connectivity index (χ0v) is 17.3. The number of carboxylic acids is 1. The summed E-state index contributed by atoms with van der Waals surface area (Å²) >= 11 is 0. The van der Waals surface area contributed by atoms with E-state index in [9.17, 15) is 19.5 Å². The number of benzene rings is 2. The molecule has 0 unspecified atom stereocenters. The van der Waals surface area contributed by atoms with E-state index in [2.05, 4.69) is 5.32 Å². The van der Waals surface area contributed by atoms with Crippen LogP contribution in [0.25, 0.3) is 0 Å². The molecule has 30 heavy (non-hydrogen) atoms. The number of esters is 1. The summed E-state index contributed by atoms with van der Waals surface area (Å²) in [7, 11) is 1.25. The van der Waals surface area contributed by atoms with Crippen LogP contribution < -0.4 is 10.2 Å². The number of rotatable bonds is 11. The van der Waals surface area contributed by atoms with Gasteiger partial charge in [0.05, 0.1) is 19.6 Å². The number of aryl methyl sites for hydroxylation is 1. The number of hydrogen-bond donors (Lipinski definition) is 2. The lowest BCUT2D eigenvalue weighted by molar-refractivity contribution is -0.143. The van der Waals surface area contributed by atoms with E-state index in [1.54, 1.807) is 37.3 Å². The van der Waals surface area contributed by atoms with Gasteiger partial charge in [0.15, 0.2) is 0 Å². The molecule has 0 heterocycles. The second-order valence-electron chi connectivity index (χ2n) is 6.94. The smallest absolute Gasteiger partial charge is 0.328 e. The molecule has 2 rings (SSSR count). The van der Waals surface area contributed by atoms with Crippen LogP contribution in [-0.2, 0) is 25.5 Å². The van der Waals surface area contributed by atoms with Crippen LogP contribution in [0.15, 0.2) is 60.7 Å². The van der Waals surface area contributed by atoms with Gasteiger partial charge in [-0.3, -0.25) is 14.5 Å². The molecule has 0 radical (unpaired) electrons. The molecular formula is C23H28N2O5. The molecule has 0 fully saturated rings. The van der Waals surface area contributed by atoms with E-state index in [-0.39, 0.29) is 6.42 Å². The Bertz CT molecular complexity index is 826. The van der Waals surface area contributed by atoms with Crippen molar-refractivity contribution in [3.63, 3.8) is 0 Å². The first-order valence-electron chi connectivity index (χ1n) is 9.89. The molecule has 7 heteroatoms. The molecule has 2 N–H and O–H groups in total. The summed E-state index contributed by atoms with van der Waals surface area (Å²) in [6, 6.07) is 16.8. The molecule has 0 aliphatic carbocycles. The van der Waals surface area contributed by atoms with Crippen molar-refractivity contribution in [1.82, 2.24) is 5.32 Å². The number of nitrogens with zero attached hydrogens (tertiary/aromatic N) is 1. The summed E-state index contributed by atoms with van der Waals surface area (Å²) in [5.41, 5.74) is 1.67. The Morgan fingerprint density at radius 2 is 1.63 bits per heavy atom. The quantitative estimate of drug-likeness (QED) is 0.435. The lowest BCUT2D eigenvalue weighted by Crippen LogP contribution is -2.53. The second-order valence-corrected chi connectivity index (χ2v) is 6.94. The fourth-order valence-corrected chi connectivity index (χ4v) is 3.21. The molecule has 7 nitrogen and oxygen atoms in total. The molecule has 2 atom stereocenters. The van der Waals surface area contributed by atoms with Crippen molar-refractivity contribution in [2.24, 2.45) is 0 Å². The number of carbonyl (C=O) groups is 3. The highest BCUT2D eigenvalue weighted by Gasteiger charge is 2.33. The molecule has 0 aliphatic heterocycles. The summed E-state index contributed by atoms with van der Waals surface area (Å²) in [6.07, 6.45) is 1.16. The molecule has 2 aromatic carbocycles. The first-order valence-corrected chi connectivity index (χ1v) is 9.89. The Morgan fingerprint density at radius 3 is 2.20 bits per heavy atom. The number of amides is 1. The minimum Gasteiger partial charge on any atom is -0.481 e. The molecule has 0 aliphatic rings. The molecule has 0 aromatic heterocycles. The van der Waals surface area contributed by atoms with Crippen molar-refractivity contribution in [3.8, 4) is 0 Å². The monoisotopic (exact) mass is 412 g/mol. The van der Waals surface area contributed by atoms with Gasteiger partial charge in [0.1, 0.15) is 6.04 Å². The van der Waals surface area contributed by atoms with Crippen molar-refractivity contribution in [2.45, 2.75) is 38.3 Å². The minimum absolute atomic E-state index is 0.388. The SMILES string of the molecule is COC(=O)[C@H](C)N(C(=O)[C@H](CC(=O)O)NCCCc1ccccc1)c1ccccc1.